The molecule has 1 aromatic heterocycles. The Bertz CT molecular complexity index is 590. The van der Waals surface area contributed by atoms with Crippen molar-refractivity contribution in [1.82, 2.24) is 10.2 Å². The number of nitrogens with one attached hydrogen (secondary N) is 2. The van der Waals surface area contributed by atoms with Crippen LogP contribution in [0.15, 0.2) is 24.3 Å². The number of nitrogens with zero attached hydrogens (tertiary/aromatic N) is 1. The fourth-order valence-electron chi connectivity index (χ4n) is 1.84. The first-order valence-corrected chi connectivity index (χ1v) is 6.04. The second-order valence-corrected chi connectivity index (χ2v) is 4.47. The number of hydrogen-bond donors (Lipinski definition) is 2. The maximum Gasteiger partial charge on any atom is 0.230 e. The van der Waals surface area contributed by atoms with Gasteiger partial charge in [-0.3, -0.25) is 9.89 Å². The van der Waals surface area contributed by atoms with Gasteiger partial charge in [0.05, 0.1) is 24.9 Å². The van der Waals surface area contributed by atoms with Crippen molar-refractivity contribution >= 4 is 11.6 Å². The van der Waals surface area contributed by atoms with Gasteiger partial charge in [-0.1, -0.05) is 6.07 Å². The molecule has 0 saturated heterocycles. The van der Waals surface area contributed by atoms with Crippen molar-refractivity contribution in [2.45, 2.75) is 20.3 Å². The Labute approximate surface area is 112 Å². The summed E-state index contributed by atoms with van der Waals surface area (Å²) in [5.41, 5.74) is 3.41. The number of ether oxygens (including phenoxy) is 1. The second-order valence-electron chi connectivity index (χ2n) is 4.47. The Hall–Kier alpha value is -2.30. The van der Waals surface area contributed by atoms with Crippen molar-refractivity contribution in [3.63, 3.8) is 0 Å². The minimum absolute atomic E-state index is 0.115. The number of amides is 1. The third-order valence-electron chi connectivity index (χ3n) is 2.73. The van der Waals surface area contributed by atoms with Crippen molar-refractivity contribution in [1.29, 1.82) is 0 Å². The summed E-state index contributed by atoms with van der Waals surface area (Å²) in [5, 5.41) is 9.70. The average molecular weight is 259 g/mol. The molecule has 0 spiro atoms. The molecule has 19 heavy (non-hydrogen) atoms. The molecular weight excluding hydrogens is 242 g/mol. The Morgan fingerprint density at radius 3 is 2.79 bits per heavy atom. The average Bonchev–Trinajstić information content (AvgIpc) is 2.75. The molecule has 0 atom stereocenters. The largest absolute Gasteiger partial charge is 0.495 e. The van der Waals surface area contributed by atoms with Gasteiger partial charge in [0, 0.05) is 5.69 Å². The SMILES string of the molecule is COc1ccc(C)cc1NC(=O)Cc1cc(C)[nH]n1. The maximum absolute atomic E-state index is 12.0. The number of benzene rings is 1. The summed E-state index contributed by atoms with van der Waals surface area (Å²) in [6, 6.07) is 7.51. The van der Waals surface area contributed by atoms with Crippen LogP contribution in [0.25, 0.3) is 0 Å². The van der Waals surface area contributed by atoms with Crippen molar-refractivity contribution in [2.75, 3.05) is 12.4 Å². The molecule has 5 nitrogen and oxygen atoms in total. The number of carbonyl (C=O) groups is 1. The highest BCUT2D eigenvalue weighted by Crippen LogP contribution is 2.25. The van der Waals surface area contributed by atoms with Gasteiger partial charge in [-0.15, -0.1) is 0 Å². The predicted molar refractivity (Wildman–Crippen MR) is 73.4 cm³/mol. The van der Waals surface area contributed by atoms with E-state index in [0.29, 0.717) is 11.4 Å². The molecule has 0 aliphatic heterocycles. The lowest BCUT2D eigenvalue weighted by Gasteiger charge is -2.10. The van der Waals surface area contributed by atoms with Crippen LogP contribution in [0.2, 0.25) is 0 Å². The molecule has 0 saturated carbocycles. The van der Waals surface area contributed by atoms with Gasteiger partial charge in [0.1, 0.15) is 5.75 Å². The van der Waals surface area contributed by atoms with E-state index in [-0.39, 0.29) is 12.3 Å². The first kappa shape index (κ1) is 13.1. The van der Waals surface area contributed by atoms with Crippen LogP contribution >= 0.6 is 0 Å². The highest BCUT2D eigenvalue weighted by molar-refractivity contribution is 5.93. The third-order valence-corrected chi connectivity index (χ3v) is 2.73. The molecule has 1 aromatic carbocycles. The van der Waals surface area contributed by atoms with Gasteiger partial charge in [0.15, 0.2) is 0 Å². The molecule has 2 N–H and O–H groups in total. The number of rotatable bonds is 4. The molecule has 1 amide bonds. The molecule has 0 aliphatic carbocycles. The summed E-state index contributed by atoms with van der Waals surface area (Å²) >= 11 is 0. The van der Waals surface area contributed by atoms with Crippen LogP contribution < -0.4 is 10.1 Å². The molecule has 2 rings (SSSR count). The van der Waals surface area contributed by atoms with Gasteiger partial charge in [0.2, 0.25) is 5.91 Å². The highest BCUT2D eigenvalue weighted by Gasteiger charge is 2.10. The van der Waals surface area contributed by atoms with Crippen LogP contribution in [0.3, 0.4) is 0 Å². The van der Waals surface area contributed by atoms with Gasteiger partial charge in [-0.25, -0.2) is 0 Å². The van der Waals surface area contributed by atoms with Crippen LogP contribution in [0, 0.1) is 13.8 Å². The van der Waals surface area contributed by atoms with E-state index >= 15 is 0 Å². The van der Waals surface area contributed by atoms with Crippen molar-refractivity contribution in [3.8, 4) is 5.75 Å². The van der Waals surface area contributed by atoms with E-state index in [9.17, 15) is 4.79 Å². The topological polar surface area (TPSA) is 67.0 Å². The lowest BCUT2D eigenvalue weighted by Crippen LogP contribution is -2.15. The summed E-state index contributed by atoms with van der Waals surface area (Å²) in [6.07, 6.45) is 0.238. The van der Waals surface area contributed by atoms with Crippen LogP contribution in [0.1, 0.15) is 17.0 Å². The van der Waals surface area contributed by atoms with Gasteiger partial charge >= 0.3 is 0 Å². The van der Waals surface area contributed by atoms with Gasteiger partial charge in [-0.2, -0.15) is 5.10 Å². The van der Waals surface area contributed by atoms with Gasteiger partial charge < -0.3 is 10.1 Å². The highest BCUT2D eigenvalue weighted by atomic mass is 16.5. The second kappa shape index (κ2) is 5.56. The Morgan fingerprint density at radius 2 is 2.16 bits per heavy atom. The van der Waals surface area contributed by atoms with E-state index < -0.39 is 0 Å². The molecule has 2 aromatic rings. The summed E-state index contributed by atoms with van der Waals surface area (Å²) in [5.74, 6) is 0.535. The monoisotopic (exact) mass is 259 g/mol. The molecule has 100 valence electrons. The minimum atomic E-state index is -0.115. The maximum atomic E-state index is 12.0. The van der Waals surface area contributed by atoms with Crippen LogP contribution in [0.5, 0.6) is 5.75 Å². The molecule has 0 radical (unpaired) electrons. The van der Waals surface area contributed by atoms with E-state index in [1.165, 1.54) is 0 Å². The van der Waals surface area contributed by atoms with Crippen LogP contribution in [-0.2, 0) is 11.2 Å². The standard InChI is InChI=1S/C14H17N3O2/c1-9-4-5-13(19-3)12(6-9)15-14(18)8-11-7-10(2)16-17-11/h4-7H,8H2,1-3H3,(H,15,18)(H,16,17). The summed E-state index contributed by atoms with van der Waals surface area (Å²) in [7, 11) is 1.58. The number of H-pyrrole nitrogens is 1. The van der Waals surface area contributed by atoms with Gasteiger partial charge in [0.25, 0.3) is 0 Å². The minimum Gasteiger partial charge on any atom is -0.495 e. The summed E-state index contributed by atoms with van der Waals surface area (Å²) in [4.78, 5) is 12.0. The third kappa shape index (κ3) is 3.34. The molecule has 1 heterocycles. The number of methoxy groups -OCH3 is 1. The number of anilines is 1. The fourth-order valence-corrected chi connectivity index (χ4v) is 1.84. The van der Waals surface area contributed by atoms with Crippen molar-refractivity contribution < 1.29 is 9.53 Å². The van der Waals surface area contributed by atoms with Crippen LogP contribution in [0.4, 0.5) is 5.69 Å². The summed E-state index contributed by atoms with van der Waals surface area (Å²) in [6.45, 7) is 3.87. The van der Waals surface area contributed by atoms with Crippen LogP contribution in [-0.4, -0.2) is 23.2 Å². The van der Waals surface area contributed by atoms with Crippen molar-refractivity contribution in [2.24, 2.45) is 0 Å². The molecule has 0 bridgehead atoms. The smallest absolute Gasteiger partial charge is 0.230 e. The van der Waals surface area contributed by atoms with E-state index in [0.717, 1.165) is 17.0 Å². The quantitative estimate of drug-likeness (QED) is 0.884. The van der Waals surface area contributed by atoms with Crippen molar-refractivity contribution in [3.05, 3.63) is 41.2 Å². The number of aryl methyl sites for hydroxylation is 2. The van der Waals surface area contributed by atoms with E-state index in [1.807, 2.05) is 38.1 Å². The summed E-state index contributed by atoms with van der Waals surface area (Å²) < 4.78 is 5.22. The Morgan fingerprint density at radius 1 is 1.37 bits per heavy atom. The Balaban J connectivity index is 2.08. The molecule has 5 heteroatoms. The number of carbonyl (C=O) groups excluding carboxylic acids is 1. The normalized spacial score (nSPS) is 10.3. The van der Waals surface area contributed by atoms with E-state index in [1.54, 1.807) is 7.11 Å². The lowest BCUT2D eigenvalue weighted by molar-refractivity contribution is -0.115. The Kier molecular flexibility index (Phi) is 3.85. The molecule has 0 fully saturated rings. The van der Waals surface area contributed by atoms with Gasteiger partial charge in [-0.05, 0) is 37.6 Å². The number of aromatic nitrogens is 2. The molecular formula is C14H17N3O2. The first-order chi connectivity index (χ1) is 9.08. The molecule has 0 unspecified atom stereocenters. The zero-order chi connectivity index (χ0) is 13.8. The predicted octanol–water partition coefficient (Wildman–Crippen LogP) is 2.22. The van der Waals surface area contributed by atoms with E-state index in [2.05, 4.69) is 15.5 Å². The molecule has 0 aliphatic rings. The zero-order valence-electron chi connectivity index (χ0n) is 11.3. The number of hydrogen-bond acceptors (Lipinski definition) is 3. The fraction of sp³-hybridized carbons (Fsp3) is 0.286. The first-order valence-electron chi connectivity index (χ1n) is 6.04. The number of aromatic amines is 1. The lowest BCUT2D eigenvalue weighted by atomic mass is 10.2. The zero-order valence-corrected chi connectivity index (χ0v) is 11.3. The van der Waals surface area contributed by atoms with E-state index in [4.69, 9.17) is 4.74 Å².